The van der Waals surface area contributed by atoms with Gasteiger partial charge in [-0.2, -0.15) is 0 Å². The minimum absolute atomic E-state index is 0.0968. The molecule has 0 aromatic heterocycles. The summed E-state index contributed by atoms with van der Waals surface area (Å²) in [7, 11) is 0. The highest BCUT2D eigenvalue weighted by Gasteiger charge is 2.27. The molecule has 88 valence electrons. The number of nitrogens with one attached hydrogen (secondary N) is 1. The minimum Gasteiger partial charge on any atom is -0.298 e. The van der Waals surface area contributed by atoms with Crippen LogP contribution in [-0.4, -0.2) is 11.6 Å². The molecule has 0 bridgehead atoms. The molecule has 0 aromatic carbocycles. The van der Waals surface area contributed by atoms with Crippen LogP contribution in [0.1, 0.15) is 54.9 Å². The monoisotopic (exact) mass is 209 g/mol. The molecule has 0 aliphatic rings. The molecule has 15 heavy (non-hydrogen) atoms. The summed E-state index contributed by atoms with van der Waals surface area (Å²) in [6.07, 6.45) is 6.65. The van der Waals surface area contributed by atoms with E-state index in [1.807, 2.05) is 0 Å². The zero-order chi connectivity index (χ0) is 12.3. The van der Waals surface area contributed by atoms with Crippen molar-refractivity contribution in [3.05, 3.63) is 0 Å². The van der Waals surface area contributed by atoms with E-state index in [-0.39, 0.29) is 11.6 Å². The van der Waals surface area contributed by atoms with E-state index in [9.17, 15) is 0 Å². The van der Waals surface area contributed by atoms with Crippen molar-refractivity contribution in [3.63, 3.8) is 0 Å². The van der Waals surface area contributed by atoms with Gasteiger partial charge in [-0.05, 0) is 31.6 Å². The Bertz CT molecular complexity index is 225. The predicted molar refractivity (Wildman–Crippen MR) is 68.7 cm³/mol. The topological polar surface area (TPSA) is 12.0 Å². The molecule has 0 aromatic rings. The van der Waals surface area contributed by atoms with Crippen LogP contribution in [0.15, 0.2) is 0 Å². The highest BCUT2D eigenvalue weighted by atomic mass is 15.0. The summed E-state index contributed by atoms with van der Waals surface area (Å²) >= 11 is 0. The molecule has 0 heterocycles. The zero-order valence-corrected chi connectivity index (χ0v) is 11.4. The third-order valence-electron chi connectivity index (χ3n) is 2.36. The lowest BCUT2D eigenvalue weighted by Gasteiger charge is -2.36. The van der Waals surface area contributed by atoms with Crippen LogP contribution in [0.3, 0.4) is 0 Å². The van der Waals surface area contributed by atoms with Gasteiger partial charge in [0.2, 0.25) is 0 Å². The Labute approximate surface area is 96.0 Å². The number of rotatable bonds is 4. The highest BCUT2D eigenvalue weighted by Crippen LogP contribution is 2.27. The van der Waals surface area contributed by atoms with Crippen LogP contribution >= 0.6 is 0 Å². The summed E-state index contributed by atoms with van der Waals surface area (Å²) in [5, 5.41) is 3.56. The molecule has 0 saturated carbocycles. The average Bonchev–Trinajstić information content (AvgIpc) is 1.94. The van der Waals surface area contributed by atoms with Gasteiger partial charge in [-0.15, -0.1) is 6.42 Å². The van der Waals surface area contributed by atoms with Crippen molar-refractivity contribution < 1.29 is 0 Å². The van der Waals surface area contributed by atoms with Crippen LogP contribution in [-0.2, 0) is 0 Å². The van der Waals surface area contributed by atoms with Crippen molar-refractivity contribution in [2.24, 2.45) is 11.3 Å². The van der Waals surface area contributed by atoms with E-state index in [1.165, 1.54) is 0 Å². The molecule has 0 spiro atoms. The molecule has 1 nitrogen and oxygen atoms in total. The van der Waals surface area contributed by atoms with Gasteiger partial charge in [0.1, 0.15) is 0 Å². The lowest BCUT2D eigenvalue weighted by molar-refractivity contribution is 0.221. The van der Waals surface area contributed by atoms with Crippen molar-refractivity contribution >= 4 is 0 Å². The van der Waals surface area contributed by atoms with Gasteiger partial charge in [0.25, 0.3) is 0 Å². The molecule has 0 saturated heterocycles. The molecular weight excluding hydrogens is 182 g/mol. The Kier molecular flexibility index (Phi) is 4.87. The Balaban J connectivity index is 4.43. The standard InChI is InChI=1S/C14H27N/c1-9-12(11(2)3)15-14(7,8)10-13(4,5)6/h1,11-12,15H,10H2,2-8H3/t12-/m0/s1. The lowest BCUT2D eigenvalue weighted by atomic mass is 9.81. The van der Waals surface area contributed by atoms with E-state index in [0.29, 0.717) is 11.3 Å². The molecule has 1 N–H and O–H groups in total. The molecule has 0 rings (SSSR count). The van der Waals surface area contributed by atoms with Crippen LogP contribution in [0, 0.1) is 23.7 Å². The first-order valence-corrected chi connectivity index (χ1v) is 5.81. The lowest BCUT2D eigenvalue weighted by Crippen LogP contribution is -2.49. The first-order valence-electron chi connectivity index (χ1n) is 5.81. The number of hydrogen-bond donors (Lipinski definition) is 1. The molecule has 0 radical (unpaired) electrons. The molecule has 0 fully saturated rings. The van der Waals surface area contributed by atoms with Gasteiger partial charge in [0.15, 0.2) is 0 Å². The first-order chi connectivity index (χ1) is 6.57. The van der Waals surface area contributed by atoms with Crippen LogP contribution < -0.4 is 5.32 Å². The molecule has 1 atom stereocenters. The largest absolute Gasteiger partial charge is 0.298 e. The van der Waals surface area contributed by atoms with Crippen molar-refractivity contribution in [3.8, 4) is 12.3 Å². The van der Waals surface area contributed by atoms with Gasteiger partial charge in [-0.1, -0.05) is 40.5 Å². The third-order valence-corrected chi connectivity index (χ3v) is 2.36. The van der Waals surface area contributed by atoms with E-state index >= 15 is 0 Å². The van der Waals surface area contributed by atoms with Gasteiger partial charge < -0.3 is 0 Å². The second kappa shape index (κ2) is 5.03. The van der Waals surface area contributed by atoms with E-state index in [1.54, 1.807) is 0 Å². The molecule has 0 aliphatic heterocycles. The number of terminal acetylenes is 1. The smallest absolute Gasteiger partial charge is 0.0714 e. The second-order valence-electron chi connectivity index (χ2n) is 6.65. The highest BCUT2D eigenvalue weighted by molar-refractivity contribution is 5.03. The van der Waals surface area contributed by atoms with Crippen molar-refractivity contribution in [1.29, 1.82) is 0 Å². The van der Waals surface area contributed by atoms with Crippen LogP contribution in [0.25, 0.3) is 0 Å². The normalized spacial score (nSPS) is 15.1. The molecule has 0 amide bonds. The van der Waals surface area contributed by atoms with E-state index in [4.69, 9.17) is 6.42 Å². The fraction of sp³-hybridized carbons (Fsp3) is 0.857. The summed E-state index contributed by atoms with van der Waals surface area (Å²) < 4.78 is 0. The summed E-state index contributed by atoms with van der Waals surface area (Å²) in [6, 6.07) is 0.169. The van der Waals surface area contributed by atoms with Crippen LogP contribution in [0.4, 0.5) is 0 Å². The Morgan fingerprint density at radius 3 is 1.87 bits per heavy atom. The van der Waals surface area contributed by atoms with Gasteiger partial charge in [0.05, 0.1) is 6.04 Å². The third kappa shape index (κ3) is 6.57. The molecular formula is C14H27N. The number of hydrogen-bond acceptors (Lipinski definition) is 1. The Morgan fingerprint density at radius 1 is 1.13 bits per heavy atom. The fourth-order valence-electron chi connectivity index (χ4n) is 2.20. The maximum atomic E-state index is 5.53. The van der Waals surface area contributed by atoms with Gasteiger partial charge >= 0.3 is 0 Å². The second-order valence-corrected chi connectivity index (χ2v) is 6.65. The maximum absolute atomic E-state index is 5.53. The van der Waals surface area contributed by atoms with Crippen molar-refractivity contribution in [2.45, 2.75) is 66.5 Å². The van der Waals surface area contributed by atoms with Gasteiger partial charge in [-0.3, -0.25) is 5.32 Å². The molecule has 0 aliphatic carbocycles. The Morgan fingerprint density at radius 2 is 1.60 bits per heavy atom. The molecule has 1 heteroatoms. The first kappa shape index (κ1) is 14.5. The fourth-order valence-corrected chi connectivity index (χ4v) is 2.20. The van der Waals surface area contributed by atoms with Gasteiger partial charge in [-0.25, -0.2) is 0 Å². The maximum Gasteiger partial charge on any atom is 0.0714 e. The zero-order valence-electron chi connectivity index (χ0n) is 11.4. The summed E-state index contributed by atoms with van der Waals surface area (Å²) in [5.74, 6) is 3.31. The van der Waals surface area contributed by atoms with Crippen molar-refractivity contribution in [2.75, 3.05) is 0 Å². The SMILES string of the molecule is C#C[C@H](NC(C)(C)CC(C)(C)C)C(C)C. The van der Waals surface area contributed by atoms with E-state index in [0.717, 1.165) is 6.42 Å². The Hall–Kier alpha value is -0.480. The van der Waals surface area contributed by atoms with Crippen LogP contribution in [0.5, 0.6) is 0 Å². The average molecular weight is 209 g/mol. The van der Waals surface area contributed by atoms with E-state index < -0.39 is 0 Å². The van der Waals surface area contributed by atoms with E-state index in [2.05, 4.69) is 59.7 Å². The summed E-state index contributed by atoms with van der Waals surface area (Å²) in [4.78, 5) is 0. The van der Waals surface area contributed by atoms with Crippen molar-refractivity contribution in [1.82, 2.24) is 5.32 Å². The minimum atomic E-state index is 0.0968. The summed E-state index contributed by atoms with van der Waals surface area (Å²) in [5.41, 5.74) is 0.423. The quantitative estimate of drug-likeness (QED) is 0.699. The molecule has 0 unspecified atom stereocenters. The van der Waals surface area contributed by atoms with Gasteiger partial charge in [0, 0.05) is 5.54 Å². The summed E-state index contributed by atoms with van der Waals surface area (Å²) in [6.45, 7) is 15.6. The predicted octanol–water partition coefficient (Wildman–Crippen LogP) is 3.45. The van der Waals surface area contributed by atoms with Crippen LogP contribution in [0.2, 0.25) is 0 Å².